The fraction of sp³-hybridized carbons (Fsp3) is 0.438. The highest BCUT2D eigenvalue weighted by Crippen LogP contribution is 2.35. The molecule has 0 unspecified atom stereocenters. The molecule has 1 saturated heterocycles. The molecule has 1 N–H and O–H groups in total. The van der Waals surface area contributed by atoms with Crippen molar-refractivity contribution in [2.24, 2.45) is 0 Å². The normalized spacial score (nSPS) is 18.1. The Balaban J connectivity index is 1.59. The van der Waals surface area contributed by atoms with Crippen molar-refractivity contribution < 1.29 is 9.47 Å². The highest BCUT2D eigenvalue weighted by Gasteiger charge is 2.16. The van der Waals surface area contributed by atoms with Gasteiger partial charge in [-0.3, -0.25) is 0 Å². The van der Waals surface area contributed by atoms with E-state index in [2.05, 4.69) is 21.7 Å². The first kappa shape index (κ1) is 13.8. The molecule has 5 nitrogen and oxygen atoms in total. The van der Waals surface area contributed by atoms with Gasteiger partial charge in [-0.05, 0) is 18.2 Å². The van der Waals surface area contributed by atoms with Gasteiger partial charge < -0.3 is 19.7 Å². The van der Waals surface area contributed by atoms with Crippen LogP contribution < -0.4 is 19.7 Å². The van der Waals surface area contributed by atoms with Crippen molar-refractivity contribution in [1.82, 2.24) is 10.3 Å². The lowest BCUT2D eigenvalue weighted by Gasteiger charge is -2.26. The van der Waals surface area contributed by atoms with Crippen molar-refractivity contribution in [3.05, 3.63) is 23.6 Å². The van der Waals surface area contributed by atoms with E-state index in [9.17, 15) is 0 Å². The molecule has 0 bridgehead atoms. The second-order valence-corrected chi connectivity index (χ2v) is 6.30. The van der Waals surface area contributed by atoms with Gasteiger partial charge in [0.1, 0.15) is 0 Å². The van der Waals surface area contributed by atoms with Gasteiger partial charge in [0.15, 0.2) is 16.6 Å². The van der Waals surface area contributed by atoms with Crippen LogP contribution in [0.25, 0.3) is 11.3 Å². The van der Waals surface area contributed by atoms with Gasteiger partial charge in [0, 0.05) is 43.5 Å². The molecular weight excluding hydrogens is 298 g/mol. The first-order valence-corrected chi connectivity index (χ1v) is 8.59. The number of hydrogen-bond donors (Lipinski definition) is 1. The smallest absolute Gasteiger partial charge is 0.185 e. The molecule has 6 heteroatoms. The number of nitrogens with zero attached hydrogens (tertiary/aromatic N) is 2. The summed E-state index contributed by atoms with van der Waals surface area (Å²) in [6, 6.07) is 6.08. The number of nitrogens with one attached hydrogen (secondary N) is 1. The Labute approximate surface area is 133 Å². The third kappa shape index (κ3) is 2.76. The molecule has 22 heavy (non-hydrogen) atoms. The number of thiazole rings is 1. The van der Waals surface area contributed by atoms with Gasteiger partial charge in [0.2, 0.25) is 0 Å². The van der Waals surface area contributed by atoms with Gasteiger partial charge in [0.25, 0.3) is 0 Å². The number of ether oxygens (including phenoxy) is 2. The molecule has 0 saturated carbocycles. The zero-order valence-electron chi connectivity index (χ0n) is 12.4. The summed E-state index contributed by atoms with van der Waals surface area (Å²) < 4.78 is 11.4. The molecule has 2 aliphatic heterocycles. The number of anilines is 1. The molecule has 0 aliphatic carbocycles. The molecule has 0 radical (unpaired) electrons. The topological polar surface area (TPSA) is 46.6 Å². The lowest BCUT2D eigenvalue weighted by molar-refractivity contribution is 0.297. The molecular formula is C16H19N3O2S. The van der Waals surface area contributed by atoms with Gasteiger partial charge in [-0.25, -0.2) is 4.98 Å². The fourth-order valence-electron chi connectivity index (χ4n) is 2.72. The van der Waals surface area contributed by atoms with Crippen molar-refractivity contribution in [3.8, 4) is 22.8 Å². The molecule has 3 heterocycles. The molecule has 1 fully saturated rings. The van der Waals surface area contributed by atoms with Crippen molar-refractivity contribution in [2.75, 3.05) is 44.3 Å². The summed E-state index contributed by atoms with van der Waals surface area (Å²) in [5.41, 5.74) is 2.09. The molecule has 4 rings (SSSR count). The number of aromatic nitrogens is 1. The van der Waals surface area contributed by atoms with Crippen LogP contribution in [0.1, 0.15) is 6.42 Å². The summed E-state index contributed by atoms with van der Waals surface area (Å²) >= 11 is 1.71. The Hall–Kier alpha value is -1.79. The number of rotatable bonds is 2. The summed E-state index contributed by atoms with van der Waals surface area (Å²) in [7, 11) is 0. The predicted molar refractivity (Wildman–Crippen MR) is 88.2 cm³/mol. The Kier molecular flexibility index (Phi) is 3.86. The maximum absolute atomic E-state index is 5.77. The number of benzene rings is 1. The van der Waals surface area contributed by atoms with Crippen LogP contribution in [0.5, 0.6) is 11.5 Å². The monoisotopic (exact) mass is 317 g/mol. The van der Waals surface area contributed by atoms with Crippen LogP contribution in [-0.4, -0.2) is 44.4 Å². The lowest BCUT2D eigenvalue weighted by atomic mass is 10.1. The van der Waals surface area contributed by atoms with Gasteiger partial charge in [-0.15, -0.1) is 11.3 Å². The van der Waals surface area contributed by atoms with E-state index in [-0.39, 0.29) is 0 Å². The number of hydrogen-bond acceptors (Lipinski definition) is 6. The minimum absolute atomic E-state index is 0.708. The van der Waals surface area contributed by atoms with Crippen LogP contribution in [0.2, 0.25) is 0 Å². The third-order valence-corrected chi connectivity index (χ3v) is 4.82. The predicted octanol–water partition coefficient (Wildman–Crippen LogP) is 2.38. The molecule has 2 aromatic rings. The van der Waals surface area contributed by atoms with Gasteiger partial charge >= 0.3 is 0 Å². The minimum Gasteiger partial charge on any atom is -0.490 e. The average Bonchev–Trinajstić information content (AvgIpc) is 2.95. The standard InChI is InChI=1S/C16H19N3O2S/c1-8-20-14-3-2-12(10-15(14)21-9-1)13-11-22-16(18-13)19-6-4-17-5-7-19/h2-3,10-11,17H,1,4-9H2. The molecule has 0 amide bonds. The van der Waals surface area contributed by atoms with Crippen LogP contribution in [0.15, 0.2) is 23.6 Å². The van der Waals surface area contributed by atoms with Crippen LogP contribution >= 0.6 is 11.3 Å². The molecule has 0 spiro atoms. The Bertz CT molecular complexity index is 653. The summed E-state index contributed by atoms with van der Waals surface area (Å²) in [6.07, 6.45) is 0.924. The van der Waals surface area contributed by atoms with Gasteiger partial charge in [-0.2, -0.15) is 0 Å². The SMILES string of the molecule is c1cc2c(cc1-c1csc(N3CCNCC3)n1)OCCCO2. The maximum atomic E-state index is 5.77. The van der Waals surface area contributed by atoms with E-state index < -0.39 is 0 Å². The van der Waals surface area contributed by atoms with E-state index in [4.69, 9.17) is 14.5 Å². The Morgan fingerprint density at radius 1 is 1.09 bits per heavy atom. The first-order valence-electron chi connectivity index (χ1n) is 7.71. The quantitative estimate of drug-likeness (QED) is 0.921. The Morgan fingerprint density at radius 3 is 2.77 bits per heavy atom. The highest BCUT2D eigenvalue weighted by molar-refractivity contribution is 7.14. The van der Waals surface area contributed by atoms with E-state index in [1.807, 2.05) is 12.1 Å². The first-order chi connectivity index (χ1) is 10.9. The average molecular weight is 317 g/mol. The molecule has 0 atom stereocenters. The van der Waals surface area contributed by atoms with Crippen molar-refractivity contribution in [3.63, 3.8) is 0 Å². The van der Waals surface area contributed by atoms with Gasteiger partial charge in [-0.1, -0.05) is 0 Å². The zero-order chi connectivity index (χ0) is 14.8. The fourth-order valence-corrected chi connectivity index (χ4v) is 3.61. The van der Waals surface area contributed by atoms with E-state index >= 15 is 0 Å². The summed E-state index contributed by atoms with van der Waals surface area (Å²) in [4.78, 5) is 7.14. The van der Waals surface area contributed by atoms with Crippen molar-refractivity contribution >= 4 is 16.5 Å². The summed E-state index contributed by atoms with van der Waals surface area (Å²) in [5.74, 6) is 1.66. The second kappa shape index (κ2) is 6.14. The van der Waals surface area contributed by atoms with E-state index in [1.165, 1.54) is 0 Å². The van der Waals surface area contributed by atoms with E-state index in [1.54, 1.807) is 11.3 Å². The third-order valence-electron chi connectivity index (χ3n) is 3.92. The second-order valence-electron chi connectivity index (χ2n) is 5.46. The maximum Gasteiger partial charge on any atom is 0.185 e. The number of piperazine rings is 1. The van der Waals surface area contributed by atoms with Crippen LogP contribution in [0.3, 0.4) is 0 Å². The van der Waals surface area contributed by atoms with Crippen LogP contribution in [0.4, 0.5) is 5.13 Å². The van der Waals surface area contributed by atoms with Crippen molar-refractivity contribution in [1.29, 1.82) is 0 Å². The molecule has 2 aliphatic rings. The van der Waals surface area contributed by atoms with E-state index in [0.717, 1.165) is 67.1 Å². The minimum atomic E-state index is 0.708. The van der Waals surface area contributed by atoms with Crippen molar-refractivity contribution in [2.45, 2.75) is 6.42 Å². The lowest BCUT2D eigenvalue weighted by Crippen LogP contribution is -2.43. The molecule has 1 aromatic heterocycles. The Morgan fingerprint density at radius 2 is 1.91 bits per heavy atom. The summed E-state index contributed by atoms with van der Waals surface area (Å²) in [5, 5.41) is 6.59. The highest BCUT2D eigenvalue weighted by atomic mass is 32.1. The van der Waals surface area contributed by atoms with E-state index in [0.29, 0.717) is 6.61 Å². The van der Waals surface area contributed by atoms with Gasteiger partial charge in [0.05, 0.1) is 18.9 Å². The van der Waals surface area contributed by atoms with Crippen LogP contribution in [-0.2, 0) is 0 Å². The zero-order valence-corrected chi connectivity index (χ0v) is 13.2. The number of fused-ring (bicyclic) bond motifs is 1. The molecule has 1 aromatic carbocycles. The largest absolute Gasteiger partial charge is 0.490 e. The summed E-state index contributed by atoms with van der Waals surface area (Å²) in [6.45, 7) is 5.52. The van der Waals surface area contributed by atoms with Crippen LogP contribution in [0, 0.1) is 0 Å². The molecule has 116 valence electrons.